The number of benzene rings is 3. The Morgan fingerprint density at radius 3 is 2.30 bits per heavy atom. The van der Waals surface area contributed by atoms with E-state index < -0.39 is 52.3 Å². The summed E-state index contributed by atoms with van der Waals surface area (Å²) in [5.74, 6) is -4.99. The number of nitrogens with zero attached hydrogens (tertiary/aromatic N) is 1. The Morgan fingerprint density at radius 1 is 0.979 bits per heavy atom. The van der Waals surface area contributed by atoms with Crippen molar-refractivity contribution >= 4 is 17.6 Å². The van der Waals surface area contributed by atoms with Crippen molar-refractivity contribution in [1.29, 1.82) is 0 Å². The second-order valence-electron chi connectivity index (χ2n) is 11.8. The van der Waals surface area contributed by atoms with Crippen molar-refractivity contribution in [2.75, 3.05) is 18.9 Å². The van der Waals surface area contributed by atoms with Gasteiger partial charge in [-0.1, -0.05) is 43.2 Å². The highest BCUT2D eigenvalue weighted by Gasteiger charge is 2.36. The normalized spacial score (nSPS) is 14.6. The number of nitrogens with two attached hydrogens (primary N) is 1. The number of rotatable bonds is 13. The number of anilines is 1. The van der Waals surface area contributed by atoms with Crippen molar-refractivity contribution in [2.24, 2.45) is 5.92 Å². The molecule has 0 bridgehead atoms. The van der Waals surface area contributed by atoms with Gasteiger partial charge in [0.15, 0.2) is 17.4 Å². The zero-order valence-corrected chi connectivity index (χ0v) is 25.8. The van der Waals surface area contributed by atoms with Gasteiger partial charge in [0.05, 0.1) is 12.2 Å². The lowest BCUT2D eigenvalue weighted by molar-refractivity contribution is -0.140. The van der Waals surface area contributed by atoms with Crippen LogP contribution >= 0.6 is 0 Å². The number of carboxylic acids is 1. The van der Waals surface area contributed by atoms with E-state index in [4.69, 9.17) is 10.5 Å². The lowest BCUT2D eigenvalue weighted by Crippen LogP contribution is -2.44. The molecule has 0 aliphatic heterocycles. The number of nitrogens with one attached hydrogen (secondary N) is 1. The molecule has 4 N–H and O–H groups in total. The molecule has 1 heterocycles. The Balaban J connectivity index is 1.27. The van der Waals surface area contributed by atoms with Crippen LogP contribution in [-0.4, -0.2) is 40.6 Å². The van der Waals surface area contributed by atoms with Crippen LogP contribution in [0.4, 0.5) is 19.0 Å². The molecular formula is C36H36F3N3O5. The Kier molecular flexibility index (Phi) is 10.5. The van der Waals surface area contributed by atoms with E-state index in [0.29, 0.717) is 11.0 Å². The summed E-state index contributed by atoms with van der Waals surface area (Å²) >= 11 is 0. The third-order valence-corrected chi connectivity index (χ3v) is 8.68. The van der Waals surface area contributed by atoms with Crippen molar-refractivity contribution in [3.05, 3.63) is 123 Å². The number of carbonyl (C=O) groups is 2. The van der Waals surface area contributed by atoms with Crippen molar-refractivity contribution in [3.8, 4) is 11.4 Å². The third kappa shape index (κ3) is 7.41. The van der Waals surface area contributed by atoms with Crippen LogP contribution in [0.25, 0.3) is 5.69 Å². The van der Waals surface area contributed by atoms with Crippen LogP contribution in [0.15, 0.2) is 77.6 Å². The number of halogens is 3. The largest absolute Gasteiger partial charge is 0.493 e. The minimum Gasteiger partial charge on any atom is -0.493 e. The molecule has 4 aromatic rings. The summed E-state index contributed by atoms with van der Waals surface area (Å²) in [5, 5.41) is 13.3. The summed E-state index contributed by atoms with van der Waals surface area (Å²) in [5.41, 5.74) is 5.54. The molecule has 0 spiro atoms. The number of carboxylic acid groups (broad SMARTS) is 1. The number of aliphatic carboxylic acids is 1. The first-order valence-corrected chi connectivity index (χ1v) is 15.5. The van der Waals surface area contributed by atoms with Crippen molar-refractivity contribution in [2.45, 2.75) is 51.0 Å². The molecule has 1 aromatic heterocycles. The molecule has 11 heteroatoms. The number of ketones is 1. The Hall–Kier alpha value is -4.90. The minimum atomic E-state index is -1.15. The van der Waals surface area contributed by atoms with E-state index in [-0.39, 0.29) is 47.4 Å². The fraction of sp³-hybridized carbons (Fsp3) is 0.306. The maximum atomic E-state index is 15.3. The minimum absolute atomic E-state index is 0.0279. The highest BCUT2D eigenvalue weighted by Crippen LogP contribution is 2.39. The number of aryl methyl sites for hydroxylation is 1. The van der Waals surface area contributed by atoms with Crippen LogP contribution in [-0.2, 0) is 4.79 Å². The first kappa shape index (κ1) is 33.5. The second-order valence-corrected chi connectivity index (χ2v) is 11.8. The van der Waals surface area contributed by atoms with E-state index in [0.717, 1.165) is 61.6 Å². The van der Waals surface area contributed by atoms with E-state index >= 15 is 8.78 Å². The summed E-state index contributed by atoms with van der Waals surface area (Å²) in [6.07, 6.45) is 4.42. The molecule has 3 aromatic carbocycles. The molecule has 0 radical (unpaired) electrons. The summed E-state index contributed by atoms with van der Waals surface area (Å²) < 4.78 is 50.5. The molecular weight excluding hydrogens is 611 g/mol. The summed E-state index contributed by atoms with van der Waals surface area (Å²) in [6, 6.07) is 16.4. The summed E-state index contributed by atoms with van der Waals surface area (Å²) in [7, 11) is 0. The summed E-state index contributed by atoms with van der Waals surface area (Å²) in [4.78, 5) is 38.2. The third-order valence-electron chi connectivity index (χ3n) is 8.68. The van der Waals surface area contributed by atoms with Crippen LogP contribution in [0.2, 0.25) is 0 Å². The van der Waals surface area contributed by atoms with Crippen LogP contribution in [0.3, 0.4) is 0 Å². The fourth-order valence-corrected chi connectivity index (χ4v) is 6.37. The molecule has 47 heavy (non-hydrogen) atoms. The molecule has 5 rings (SSSR count). The molecule has 0 saturated heterocycles. The first-order valence-electron chi connectivity index (χ1n) is 15.5. The highest BCUT2D eigenvalue weighted by atomic mass is 19.1. The molecule has 1 aliphatic carbocycles. The van der Waals surface area contributed by atoms with Gasteiger partial charge in [0.25, 0.3) is 5.56 Å². The van der Waals surface area contributed by atoms with Gasteiger partial charge in [-0.2, -0.15) is 0 Å². The van der Waals surface area contributed by atoms with Gasteiger partial charge in [-0.15, -0.1) is 0 Å². The Labute approximate surface area is 270 Å². The topological polar surface area (TPSA) is 124 Å². The highest BCUT2D eigenvalue weighted by molar-refractivity contribution is 6.11. The van der Waals surface area contributed by atoms with Crippen LogP contribution in [0.1, 0.15) is 65.1 Å². The monoisotopic (exact) mass is 647 g/mol. The smallest absolute Gasteiger partial charge is 0.321 e. The molecule has 1 saturated carbocycles. The molecule has 246 valence electrons. The lowest BCUT2D eigenvalue weighted by atomic mass is 9.79. The fourth-order valence-electron chi connectivity index (χ4n) is 6.37. The van der Waals surface area contributed by atoms with Crippen molar-refractivity contribution in [3.63, 3.8) is 0 Å². The van der Waals surface area contributed by atoms with Gasteiger partial charge >= 0.3 is 5.97 Å². The maximum absolute atomic E-state index is 15.3. The van der Waals surface area contributed by atoms with Crippen LogP contribution in [0.5, 0.6) is 5.75 Å². The summed E-state index contributed by atoms with van der Waals surface area (Å²) in [6.45, 7) is 1.79. The molecule has 1 aliphatic rings. The van der Waals surface area contributed by atoms with Gasteiger partial charge in [0.1, 0.15) is 29.1 Å². The van der Waals surface area contributed by atoms with Gasteiger partial charge in [-0.3, -0.25) is 19.0 Å². The average molecular weight is 648 g/mol. The predicted octanol–water partition coefficient (Wildman–Crippen LogP) is 6.16. The van der Waals surface area contributed by atoms with Gasteiger partial charge in [-0.25, -0.2) is 13.2 Å². The number of hydrogen-bond acceptors (Lipinski definition) is 6. The molecule has 0 amide bonds. The molecule has 8 nitrogen and oxygen atoms in total. The lowest BCUT2D eigenvalue weighted by Gasteiger charge is -2.30. The Morgan fingerprint density at radius 2 is 1.66 bits per heavy atom. The van der Waals surface area contributed by atoms with Gasteiger partial charge in [0.2, 0.25) is 0 Å². The maximum Gasteiger partial charge on any atom is 0.321 e. The molecule has 2 atom stereocenters. The quantitative estimate of drug-likeness (QED) is 0.117. The second kappa shape index (κ2) is 14.7. The number of ether oxygens (including phenoxy) is 1. The zero-order chi connectivity index (χ0) is 33.7. The van der Waals surface area contributed by atoms with E-state index in [2.05, 4.69) is 5.32 Å². The number of carbonyl (C=O) groups excluding carboxylic acids is 1. The SMILES string of the molecule is Cc1cc(C(=O)c2ccc(=O)n(-c3c(F)cc(OCCCNC(C(=O)O)C(c4ccccc4)C4CCCC4)cc3F)c2N)ccc1F. The van der Waals surface area contributed by atoms with Gasteiger partial charge in [0, 0.05) is 29.7 Å². The average Bonchev–Trinajstić information content (AvgIpc) is 3.57. The van der Waals surface area contributed by atoms with Crippen LogP contribution < -0.4 is 21.3 Å². The predicted molar refractivity (Wildman–Crippen MR) is 172 cm³/mol. The van der Waals surface area contributed by atoms with E-state index in [1.165, 1.54) is 19.1 Å². The van der Waals surface area contributed by atoms with Crippen LogP contribution in [0, 0.1) is 30.3 Å². The standard InChI is InChI=1S/C36H36F3N3O5/c1-21-18-24(12-14-27(21)37)34(44)26-13-15-30(43)42(35(26)40)33-28(38)19-25(20-29(33)39)47-17-7-16-41-32(36(45)46)31(23-10-5-6-11-23)22-8-3-2-4-9-22/h2-4,8-9,12-15,18-20,23,31-32,41H,5-7,10-11,16-17,40H2,1H3,(H,45,46). The zero-order valence-electron chi connectivity index (χ0n) is 25.8. The number of pyridine rings is 1. The first-order chi connectivity index (χ1) is 22.6. The number of aromatic nitrogens is 1. The van der Waals surface area contributed by atoms with Gasteiger partial charge in [-0.05, 0) is 74.0 Å². The Bertz CT molecular complexity index is 1800. The van der Waals surface area contributed by atoms with E-state index in [9.17, 15) is 23.9 Å². The molecule has 2 unspecified atom stereocenters. The van der Waals surface area contributed by atoms with Gasteiger partial charge < -0.3 is 20.9 Å². The number of hydrogen-bond donors (Lipinski definition) is 3. The van der Waals surface area contributed by atoms with E-state index in [1.807, 2.05) is 30.3 Å². The van der Waals surface area contributed by atoms with E-state index in [1.54, 1.807) is 0 Å². The molecule has 1 fully saturated rings. The van der Waals surface area contributed by atoms with Crippen molar-refractivity contribution < 1.29 is 32.6 Å². The number of nitrogen functional groups attached to an aromatic ring is 1. The van der Waals surface area contributed by atoms with Crippen molar-refractivity contribution in [1.82, 2.24) is 9.88 Å².